The fraction of sp³-hybridized carbons (Fsp3) is 0.636. The first-order valence-electron chi connectivity index (χ1n) is 5.73. The van der Waals surface area contributed by atoms with Crippen LogP contribution in [0.4, 0.5) is 5.13 Å². The summed E-state index contributed by atoms with van der Waals surface area (Å²) >= 11 is 1.42. The number of nitrogens with one attached hydrogen (secondary N) is 1. The largest absolute Gasteiger partial charge is 0.381 e. The average molecular weight is 292 g/mol. The minimum atomic E-state index is -0.469. The van der Waals surface area contributed by atoms with Gasteiger partial charge in [0, 0.05) is 18.6 Å². The van der Waals surface area contributed by atoms with Crippen LogP contribution in [0.25, 0.3) is 0 Å². The molecular weight excluding hydrogens is 274 g/mol. The second kappa shape index (κ2) is 7.04. The summed E-state index contributed by atoms with van der Waals surface area (Å²) in [4.78, 5) is 16.1. The van der Waals surface area contributed by atoms with E-state index in [0.717, 1.165) is 18.5 Å². The fourth-order valence-corrected chi connectivity index (χ4v) is 2.58. The number of carbonyl (C=O) groups excluding carboxylic acids is 1. The van der Waals surface area contributed by atoms with Crippen LogP contribution in [0.15, 0.2) is 5.38 Å². The molecule has 0 aliphatic carbocycles. The zero-order valence-electron chi connectivity index (χ0n) is 10.2. The highest BCUT2D eigenvalue weighted by Gasteiger charge is 2.26. The van der Waals surface area contributed by atoms with Crippen LogP contribution in [0.3, 0.4) is 0 Å². The first-order valence-corrected chi connectivity index (χ1v) is 6.61. The summed E-state index contributed by atoms with van der Waals surface area (Å²) in [5.74, 6) is 0.0658. The zero-order valence-corrected chi connectivity index (χ0v) is 11.9. The van der Waals surface area contributed by atoms with E-state index in [1.807, 2.05) is 12.3 Å². The van der Waals surface area contributed by atoms with Gasteiger partial charge in [-0.1, -0.05) is 0 Å². The molecule has 1 atom stereocenters. The number of nitrogens with zero attached hydrogens (tertiary/aromatic N) is 1. The molecule has 5 nitrogen and oxygen atoms in total. The van der Waals surface area contributed by atoms with Crippen LogP contribution in [0.5, 0.6) is 0 Å². The molecular formula is C11H18ClN3O2S. The molecule has 0 radical (unpaired) electrons. The number of ether oxygens (including phenoxy) is 1. The molecule has 102 valence electrons. The van der Waals surface area contributed by atoms with Gasteiger partial charge in [-0.05, 0) is 25.7 Å². The lowest BCUT2D eigenvalue weighted by molar-refractivity contribution is -0.119. The molecule has 1 saturated heterocycles. The molecule has 0 aromatic carbocycles. The SMILES string of the molecule is Cc1csc(NC(=O)C(N)C2CCOCC2)n1.Cl. The monoisotopic (exact) mass is 291 g/mol. The van der Waals surface area contributed by atoms with Crippen LogP contribution >= 0.6 is 23.7 Å². The van der Waals surface area contributed by atoms with Gasteiger partial charge >= 0.3 is 0 Å². The van der Waals surface area contributed by atoms with Crippen LogP contribution in [0, 0.1) is 12.8 Å². The second-order valence-corrected chi connectivity index (χ2v) is 5.12. The third-order valence-corrected chi connectivity index (χ3v) is 3.80. The Labute approximate surface area is 117 Å². The summed E-state index contributed by atoms with van der Waals surface area (Å²) in [6.45, 7) is 3.29. The molecule has 3 N–H and O–H groups in total. The number of aromatic nitrogens is 1. The lowest BCUT2D eigenvalue weighted by Gasteiger charge is -2.26. The van der Waals surface area contributed by atoms with Gasteiger partial charge < -0.3 is 15.8 Å². The molecule has 0 spiro atoms. The van der Waals surface area contributed by atoms with Gasteiger partial charge in [0.05, 0.1) is 11.7 Å². The Balaban J connectivity index is 0.00000162. The average Bonchev–Trinajstić information content (AvgIpc) is 2.75. The minimum Gasteiger partial charge on any atom is -0.381 e. The van der Waals surface area contributed by atoms with Gasteiger partial charge in [0.25, 0.3) is 0 Å². The number of hydrogen-bond donors (Lipinski definition) is 2. The summed E-state index contributed by atoms with van der Waals surface area (Å²) in [7, 11) is 0. The van der Waals surface area contributed by atoms with Crippen molar-refractivity contribution in [1.82, 2.24) is 4.98 Å². The van der Waals surface area contributed by atoms with E-state index in [4.69, 9.17) is 10.5 Å². The highest BCUT2D eigenvalue weighted by atomic mass is 35.5. The number of nitrogens with two attached hydrogens (primary N) is 1. The molecule has 1 aromatic heterocycles. The van der Waals surface area contributed by atoms with E-state index < -0.39 is 6.04 Å². The highest BCUT2D eigenvalue weighted by molar-refractivity contribution is 7.13. The number of hydrogen-bond acceptors (Lipinski definition) is 5. The molecule has 7 heteroatoms. The van der Waals surface area contributed by atoms with Gasteiger partial charge in [0.1, 0.15) is 0 Å². The van der Waals surface area contributed by atoms with Crippen molar-refractivity contribution in [2.24, 2.45) is 11.7 Å². The third kappa shape index (κ3) is 3.91. The molecule has 1 amide bonds. The quantitative estimate of drug-likeness (QED) is 0.886. The van der Waals surface area contributed by atoms with Crippen molar-refractivity contribution in [2.75, 3.05) is 18.5 Å². The Morgan fingerprint density at radius 2 is 2.28 bits per heavy atom. The standard InChI is InChI=1S/C11H17N3O2S.ClH/c1-7-6-17-11(13-7)14-10(15)9(12)8-2-4-16-5-3-8;/h6,8-9H,2-5,12H2,1H3,(H,13,14,15);1H. The van der Waals surface area contributed by atoms with Crippen molar-refractivity contribution in [3.63, 3.8) is 0 Å². The van der Waals surface area contributed by atoms with E-state index in [9.17, 15) is 4.79 Å². The van der Waals surface area contributed by atoms with Gasteiger partial charge in [-0.3, -0.25) is 4.79 Å². The predicted octanol–water partition coefficient (Wildman–Crippen LogP) is 1.57. The molecule has 2 rings (SSSR count). The third-order valence-electron chi connectivity index (χ3n) is 2.93. The summed E-state index contributed by atoms with van der Waals surface area (Å²) < 4.78 is 5.25. The highest BCUT2D eigenvalue weighted by Crippen LogP contribution is 2.20. The molecule has 1 fully saturated rings. The van der Waals surface area contributed by atoms with Crippen LogP contribution in [-0.4, -0.2) is 30.1 Å². The molecule has 0 bridgehead atoms. The predicted molar refractivity (Wildman–Crippen MR) is 74.2 cm³/mol. The Kier molecular flexibility index (Phi) is 6.01. The van der Waals surface area contributed by atoms with Gasteiger partial charge in [-0.2, -0.15) is 0 Å². The number of aryl methyl sites for hydroxylation is 1. The molecule has 1 aliphatic rings. The van der Waals surface area contributed by atoms with Gasteiger partial charge in [0.2, 0.25) is 5.91 Å². The van der Waals surface area contributed by atoms with Crippen LogP contribution in [0.2, 0.25) is 0 Å². The van der Waals surface area contributed by atoms with Crippen LogP contribution in [0.1, 0.15) is 18.5 Å². The minimum absolute atomic E-state index is 0. The summed E-state index contributed by atoms with van der Waals surface area (Å²) in [6.07, 6.45) is 1.71. The van der Waals surface area contributed by atoms with Gasteiger partial charge in [0.15, 0.2) is 5.13 Å². The number of anilines is 1. The number of halogens is 1. The van der Waals surface area contributed by atoms with Crippen molar-refractivity contribution in [2.45, 2.75) is 25.8 Å². The van der Waals surface area contributed by atoms with E-state index in [2.05, 4.69) is 10.3 Å². The molecule has 1 aliphatic heterocycles. The first-order chi connectivity index (χ1) is 8.16. The van der Waals surface area contributed by atoms with Gasteiger partial charge in [-0.15, -0.1) is 23.7 Å². The van der Waals surface area contributed by atoms with Crippen molar-refractivity contribution >= 4 is 34.8 Å². The molecule has 2 heterocycles. The Hall–Kier alpha value is -0.690. The number of amides is 1. The molecule has 0 saturated carbocycles. The second-order valence-electron chi connectivity index (χ2n) is 4.26. The van der Waals surface area contributed by atoms with E-state index in [1.165, 1.54) is 11.3 Å². The Morgan fingerprint density at radius 3 is 2.83 bits per heavy atom. The summed E-state index contributed by atoms with van der Waals surface area (Å²) in [6, 6.07) is -0.469. The molecule has 18 heavy (non-hydrogen) atoms. The maximum absolute atomic E-state index is 11.9. The van der Waals surface area contributed by atoms with Crippen molar-refractivity contribution in [3.8, 4) is 0 Å². The zero-order chi connectivity index (χ0) is 12.3. The molecule has 1 aromatic rings. The lowest BCUT2D eigenvalue weighted by Crippen LogP contribution is -2.43. The summed E-state index contributed by atoms with van der Waals surface area (Å²) in [5.41, 5.74) is 6.86. The first kappa shape index (κ1) is 15.4. The number of rotatable bonds is 3. The lowest BCUT2D eigenvalue weighted by atomic mass is 9.92. The fourth-order valence-electron chi connectivity index (χ4n) is 1.89. The van der Waals surface area contributed by atoms with E-state index >= 15 is 0 Å². The van der Waals surface area contributed by atoms with Crippen LogP contribution in [-0.2, 0) is 9.53 Å². The van der Waals surface area contributed by atoms with Gasteiger partial charge in [-0.25, -0.2) is 4.98 Å². The van der Waals surface area contributed by atoms with E-state index in [-0.39, 0.29) is 24.2 Å². The number of thiazole rings is 1. The number of carbonyl (C=O) groups is 1. The Morgan fingerprint density at radius 1 is 1.61 bits per heavy atom. The van der Waals surface area contributed by atoms with Crippen molar-refractivity contribution in [1.29, 1.82) is 0 Å². The summed E-state index contributed by atoms with van der Waals surface area (Å²) in [5, 5.41) is 5.28. The maximum Gasteiger partial charge on any atom is 0.243 e. The maximum atomic E-state index is 11.9. The smallest absolute Gasteiger partial charge is 0.243 e. The topological polar surface area (TPSA) is 77.2 Å². The van der Waals surface area contributed by atoms with Crippen LogP contribution < -0.4 is 11.1 Å². The van der Waals surface area contributed by atoms with Crippen molar-refractivity contribution in [3.05, 3.63) is 11.1 Å². The normalized spacial score (nSPS) is 17.9. The van der Waals surface area contributed by atoms with E-state index in [1.54, 1.807) is 0 Å². The molecule has 1 unspecified atom stereocenters. The van der Waals surface area contributed by atoms with E-state index in [0.29, 0.717) is 18.3 Å². The van der Waals surface area contributed by atoms with Crippen molar-refractivity contribution < 1.29 is 9.53 Å². The Bertz CT molecular complexity index is 393.